The maximum Gasteiger partial charge on any atom is 0.306 e. The van der Waals surface area contributed by atoms with Crippen molar-refractivity contribution in [2.24, 2.45) is 0 Å². The average molecular weight is 488 g/mol. The van der Waals surface area contributed by atoms with E-state index in [1.807, 2.05) is 30.3 Å². The fraction of sp³-hybridized carbons (Fsp3) is 0.304. The molecule has 3 amide bonds. The Morgan fingerprint density at radius 1 is 1.18 bits per heavy atom. The van der Waals surface area contributed by atoms with Gasteiger partial charge in [-0.25, -0.2) is 0 Å². The number of fused-ring (bicyclic) bond motifs is 1. The Kier molecular flexibility index (Phi) is 6.90. The van der Waals surface area contributed by atoms with E-state index < -0.39 is 35.2 Å². The zero-order valence-electron chi connectivity index (χ0n) is 17.7. The van der Waals surface area contributed by atoms with Crippen LogP contribution in [0.2, 0.25) is 5.02 Å². The second-order valence-electron chi connectivity index (χ2n) is 7.66. The predicted octanol–water partition coefficient (Wildman–Crippen LogP) is 2.46. The molecule has 2 heterocycles. The number of nitrogens with zero attached hydrogens (tertiary/aromatic N) is 1. The van der Waals surface area contributed by atoms with Gasteiger partial charge in [0, 0.05) is 29.8 Å². The molecule has 10 heteroatoms. The van der Waals surface area contributed by atoms with E-state index in [1.165, 1.54) is 23.7 Å². The molecule has 0 radical (unpaired) electrons. The summed E-state index contributed by atoms with van der Waals surface area (Å²) in [4.78, 5) is 52.6. The van der Waals surface area contributed by atoms with Gasteiger partial charge in [-0.1, -0.05) is 41.9 Å². The number of carbonyl (C=O) groups is 4. The fourth-order valence-electron chi connectivity index (χ4n) is 3.81. The summed E-state index contributed by atoms with van der Waals surface area (Å²) >= 11 is 7.63. The predicted molar refractivity (Wildman–Crippen MR) is 124 cm³/mol. The highest BCUT2D eigenvalue weighted by Crippen LogP contribution is 2.46. The smallest absolute Gasteiger partial charge is 0.306 e. The second kappa shape index (κ2) is 9.84. The van der Waals surface area contributed by atoms with Crippen LogP contribution in [-0.4, -0.2) is 49.4 Å². The first kappa shape index (κ1) is 23.1. The van der Waals surface area contributed by atoms with Crippen LogP contribution in [0.15, 0.2) is 53.4 Å². The SMILES string of the molecule is CNC(=O)CN1C(=O)[C@@H](NC(=O)[C@@H]2CCC(=O)O2)[C@@H](c2ccccc2)Sc2cc(Cl)ccc21. The Hall–Kier alpha value is -3.04. The summed E-state index contributed by atoms with van der Waals surface area (Å²) in [5.41, 5.74) is 1.35. The highest BCUT2D eigenvalue weighted by Gasteiger charge is 2.42. The van der Waals surface area contributed by atoms with Gasteiger partial charge in [-0.3, -0.25) is 19.2 Å². The molecule has 33 heavy (non-hydrogen) atoms. The Morgan fingerprint density at radius 3 is 2.61 bits per heavy atom. The number of amides is 3. The van der Waals surface area contributed by atoms with Crippen LogP contribution in [0.3, 0.4) is 0 Å². The molecule has 0 aliphatic carbocycles. The second-order valence-corrected chi connectivity index (χ2v) is 9.28. The monoisotopic (exact) mass is 487 g/mol. The molecule has 0 bridgehead atoms. The number of hydrogen-bond donors (Lipinski definition) is 2. The first-order chi connectivity index (χ1) is 15.9. The van der Waals surface area contributed by atoms with Crippen molar-refractivity contribution in [3.8, 4) is 0 Å². The number of hydrogen-bond acceptors (Lipinski definition) is 6. The molecule has 2 aromatic rings. The highest BCUT2D eigenvalue weighted by molar-refractivity contribution is 7.99. The molecule has 3 atom stereocenters. The first-order valence-corrected chi connectivity index (χ1v) is 11.7. The van der Waals surface area contributed by atoms with Crippen molar-refractivity contribution in [3.63, 3.8) is 0 Å². The van der Waals surface area contributed by atoms with Gasteiger partial charge in [0.25, 0.3) is 11.8 Å². The van der Waals surface area contributed by atoms with Gasteiger partial charge in [-0.05, 0) is 23.8 Å². The van der Waals surface area contributed by atoms with Crippen LogP contribution in [0.4, 0.5) is 5.69 Å². The van der Waals surface area contributed by atoms with Gasteiger partial charge in [-0.2, -0.15) is 0 Å². The lowest BCUT2D eigenvalue weighted by Crippen LogP contribution is -2.54. The maximum atomic E-state index is 13.8. The summed E-state index contributed by atoms with van der Waals surface area (Å²) in [6.45, 7) is -0.225. The molecule has 8 nitrogen and oxygen atoms in total. The van der Waals surface area contributed by atoms with Gasteiger partial charge >= 0.3 is 5.97 Å². The largest absolute Gasteiger partial charge is 0.452 e. The lowest BCUT2D eigenvalue weighted by Gasteiger charge is -2.29. The number of anilines is 1. The van der Waals surface area contributed by atoms with Crippen molar-refractivity contribution in [2.45, 2.75) is 35.1 Å². The number of carbonyl (C=O) groups excluding carboxylic acids is 4. The number of benzene rings is 2. The van der Waals surface area contributed by atoms with Crippen molar-refractivity contribution < 1.29 is 23.9 Å². The summed E-state index contributed by atoms with van der Waals surface area (Å²) in [5, 5.41) is 5.31. The fourth-order valence-corrected chi connectivity index (χ4v) is 5.43. The van der Waals surface area contributed by atoms with E-state index in [4.69, 9.17) is 16.3 Å². The molecular weight excluding hydrogens is 466 g/mol. The minimum atomic E-state index is -1.01. The van der Waals surface area contributed by atoms with Crippen molar-refractivity contribution in [1.29, 1.82) is 0 Å². The van der Waals surface area contributed by atoms with Crippen LogP contribution in [-0.2, 0) is 23.9 Å². The zero-order valence-corrected chi connectivity index (χ0v) is 19.3. The Bertz CT molecular complexity index is 1100. The van der Waals surface area contributed by atoms with Crippen LogP contribution in [0, 0.1) is 0 Å². The number of nitrogens with one attached hydrogen (secondary N) is 2. The molecule has 172 valence electrons. The summed E-state index contributed by atoms with van der Waals surface area (Å²) in [5.74, 6) is -1.79. The molecule has 2 N–H and O–H groups in total. The number of esters is 1. The lowest BCUT2D eigenvalue weighted by atomic mass is 10.0. The van der Waals surface area contributed by atoms with Crippen LogP contribution in [0.25, 0.3) is 0 Å². The van der Waals surface area contributed by atoms with Gasteiger partial charge in [0.1, 0.15) is 12.6 Å². The summed E-state index contributed by atoms with van der Waals surface area (Å²) in [7, 11) is 1.49. The molecule has 0 unspecified atom stereocenters. The van der Waals surface area contributed by atoms with Crippen molar-refractivity contribution >= 4 is 52.7 Å². The number of thioether (sulfide) groups is 1. The molecule has 0 spiro atoms. The first-order valence-electron chi connectivity index (χ1n) is 10.4. The zero-order chi connectivity index (χ0) is 23.5. The quantitative estimate of drug-likeness (QED) is 0.628. The number of likely N-dealkylation sites (N-methyl/N-ethyl adjacent to an activating group) is 1. The van der Waals surface area contributed by atoms with Crippen molar-refractivity contribution in [1.82, 2.24) is 10.6 Å². The lowest BCUT2D eigenvalue weighted by molar-refractivity contribution is -0.148. The standard InChI is InChI=1S/C23H22ClN3O5S/c1-25-18(28)12-27-15-8-7-14(24)11-17(15)33-21(13-5-3-2-4-6-13)20(23(27)31)26-22(30)16-9-10-19(29)32-16/h2-8,11,16,20-21H,9-10,12H2,1H3,(H,25,28)(H,26,30)/t16-,20-,21+/m0/s1. The molecule has 2 aliphatic rings. The van der Waals surface area contributed by atoms with Gasteiger partial charge < -0.3 is 20.3 Å². The molecule has 1 saturated heterocycles. The Labute approximate surface area is 200 Å². The minimum Gasteiger partial charge on any atom is -0.452 e. The van der Waals surface area contributed by atoms with E-state index in [2.05, 4.69) is 10.6 Å². The third-order valence-electron chi connectivity index (χ3n) is 5.48. The molecule has 2 aliphatic heterocycles. The van der Waals surface area contributed by atoms with Crippen LogP contribution < -0.4 is 15.5 Å². The summed E-state index contributed by atoms with van der Waals surface area (Å²) in [6.07, 6.45) is -0.536. The van der Waals surface area contributed by atoms with E-state index in [9.17, 15) is 19.2 Å². The van der Waals surface area contributed by atoms with E-state index >= 15 is 0 Å². The Morgan fingerprint density at radius 2 is 1.94 bits per heavy atom. The van der Waals surface area contributed by atoms with Crippen LogP contribution in [0.5, 0.6) is 0 Å². The molecule has 1 fully saturated rings. The molecular formula is C23H22ClN3O5S. The third-order valence-corrected chi connectivity index (χ3v) is 7.10. The van der Waals surface area contributed by atoms with E-state index in [1.54, 1.807) is 18.2 Å². The van der Waals surface area contributed by atoms with Crippen molar-refractivity contribution in [2.75, 3.05) is 18.5 Å². The Balaban J connectivity index is 1.76. The van der Waals surface area contributed by atoms with Gasteiger partial charge in [-0.15, -0.1) is 11.8 Å². The molecule has 4 rings (SSSR count). The normalized spacial score (nSPS) is 22.2. The maximum absolute atomic E-state index is 13.8. The topological polar surface area (TPSA) is 105 Å². The number of ether oxygens (including phenoxy) is 1. The molecule has 2 aromatic carbocycles. The van der Waals surface area contributed by atoms with Gasteiger partial charge in [0.15, 0.2) is 6.10 Å². The number of halogens is 1. The minimum absolute atomic E-state index is 0.153. The van der Waals surface area contributed by atoms with Gasteiger partial charge in [0.2, 0.25) is 5.91 Å². The van der Waals surface area contributed by atoms with Crippen LogP contribution >= 0.6 is 23.4 Å². The van der Waals surface area contributed by atoms with Crippen LogP contribution in [0.1, 0.15) is 23.7 Å². The average Bonchev–Trinajstić information content (AvgIpc) is 3.22. The highest BCUT2D eigenvalue weighted by atomic mass is 35.5. The summed E-state index contributed by atoms with van der Waals surface area (Å²) in [6, 6.07) is 13.4. The van der Waals surface area contributed by atoms with Gasteiger partial charge in [0.05, 0.1) is 10.9 Å². The molecule has 0 saturated carbocycles. The molecule has 0 aromatic heterocycles. The number of cyclic esters (lactones) is 1. The van der Waals surface area contributed by atoms with E-state index in [-0.39, 0.29) is 25.3 Å². The number of rotatable bonds is 5. The van der Waals surface area contributed by atoms with E-state index in [0.29, 0.717) is 15.6 Å². The summed E-state index contributed by atoms with van der Waals surface area (Å²) < 4.78 is 5.09. The van der Waals surface area contributed by atoms with E-state index in [0.717, 1.165) is 5.56 Å². The van der Waals surface area contributed by atoms with Crippen molar-refractivity contribution in [3.05, 3.63) is 59.1 Å². The third kappa shape index (κ3) is 4.99.